The SMILES string of the molecule is Fc1cccc(OCc2cc(CNC3CC3)ccc2F)c1. The summed E-state index contributed by atoms with van der Waals surface area (Å²) in [5, 5.41) is 3.39. The maximum Gasteiger partial charge on any atom is 0.129 e. The van der Waals surface area contributed by atoms with E-state index in [9.17, 15) is 8.78 Å². The van der Waals surface area contributed by atoms with E-state index >= 15 is 0 Å². The van der Waals surface area contributed by atoms with Gasteiger partial charge in [0.2, 0.25) is 0 Å². The van der Waals surface area contributed by atoms with Crippen LogP contribution in [0.25, 0.3) is 0 Å². The second-order valence-electron chi connectivity index (χ2n) is 5.33. The van der Waals surface area contributed by atoms with Crippen LogP contribution in [-0.2, 0) is 13.2 Å². The zero-order valence-electron chi connectivity index (χ0n) is 11.6. The van der Waals surface area contributed by atoms with Gasteiger partial charge in [-0.2, -0.15) is 0 Å². The molecule has 2 nitrogen and oxygen atoms in total. The average Bonchev–Trinajstić information content (AvgIpc) is 3.29. The third kappa shape index (κ3) is 4.02. The molecule has 0 saturated heterocycles. The number of ether oxygens (including phenoxy) is 1. The van der Waals surface area contributed by atoms with Gasteiger partial charge in [-0.25, -0.2) is 8.78 Å². The maximum atomic E-state index is 13.8. The first kappa shape index (κ1) is 14.0. The van der Waals surface area contributed by atoms with Crippen molar-refractivity contribution in [2.75, 3.05) is 0 Å². The van der Waals surface area contributed by atoms with Crippen molar-refractivity contribution in [3.8, 4) is 5.75 Å². The molecule has 3 rings (SSSR count). The minimum atomic E-state index is -0.365. The molecule has 1 N–H and O–H groups in total. The third-order valence-corrected chi connectivity index (χ3v) is 3.47. The Morgan fingerprint density at radius 1 is 1.10 bits per heavy atom. The van der Waals surface area contributed by atoms with E-state index in [1.165, 1.54) is 31.0 Å². The fourth-order valence-electron chi connectivity index (χ4n) is 2.12. The van der Waals surface area contributed by atoms with Gasteiger partial charge in [-0.05, 0) is 42.7 Å². The van der Waals surface area contributed by atoms with Crippen LogP contribution < -0.4 is 10.1 Å². The monoisotopic (exact) mass is 289 g/mol. The Bertz CT molecular complexity index is 626. The molecule has 0 radical (unpaired) electrons. The van der Waals surface area contributed by atoms with E-state index in [4.69, 9.17) is 4.74 Å². The quantitative estimate of drug-likeness (QED) is 0.873. The molecular weight excluding hydrogens is 272 g/mol. The summed E-state index contributed by atoms with van der Waals surface area (Å²) in [5.74, 6) is -0.271. The van der Waals surface area contributed by atoms with Crippen molar-refractivity contribution < 1.29 is 13.5 Å². The highest BCUT2D eigenvalue weighted by Crippen LogP contribution is 2.20. The number of rotatable bonds is 6. The Morgan fingerprint density at radius 3 is 2.71 bits per heavy atom. The van der Waals surface area contributed by atoms with Crippen molar-refractivity contribution >= 4 is 0 Å². The number of benzene rings is 2. The summed E-state index contributed by atoms with van der Waals surface area (Å²) in [6.45, 7) is 0.824. The van der Waals surface area contributed by atoms with E-state index < -0.39 is 0 Å². The highest BCUT2D eigenvalue weighted by atomic mass is 19.1. The summed E-state index contributed by atoms with van der Waals surface area (Å²) < 4.78 is 32.3. The van der Waals surface area contributed by atoms with Gasteiger partial charge in [0.1, 0.15) is 24.0 Å². The maximum absolute atomic E-state index is 13.8. The molecule has 0 amide bonds. The molecule has 1 aliphatic rings. The summed E-state index contributed by atoms with van der Waals surface area (Å²) >= 11 is 0. The van der Waals surface area contributed by atoms with Crippen molar-refractivity contribution in [2.24, 2.45) is 0 Å². The molecule has 0 bridgehead atoms. The summed E-state index contributed by atoms with van der Waals surface area (Å²) in [5.41, 5.74) is 1.51. The van der Waals surface area contributed by atoms with Crippen LogP contribution in [0.4, 0.5) is 8.78 Å². The Hall–Kier alpha value is -1.94. The lowest BCUT2D eigenvalue weighted by Crippen LogP contribution is -2.15. The second-order valence-corrected chi connectivity index (χ2v) is 5.33. The zero-order valence-corrected chi connectivity index (χ0v) is 11.6. The van der Waals surface area contributed by atoms with E-state index in [2.05, 4.69) is 5.32 Å². The first-order chi connectivity index (χ1) is 10.2. The predicted octanol–water partition coefficient (Wildman–Crippen LogP) is 3.80. The minimum Gasteiger partial charge on any atom is -0.489 e. The van der Waals surface area contributed by atoms with E-state index in [0.717, 1.165) is 12.1 Å². The molecule has 1 saturated carbocycles. The standard InChI is InChI=1S/C17H17F2NO/c18-14-2-1-3-16(9-14)21-11-13-8-12(4-7-17(13)19)10-20-15-5-6-15/h1-4,7-9,15,20H,5-6,10-11H2. The molecule has 1 fully saturated rings. The molecule has 4 heteroatoms. The van der Waals surface area contributed by atoms with Crippen molar-refractivity contribution in [3.63, 3.8) is 0 Å². The smallest absolute Gasteiger partial charge is 0.129 e. The van der Waals surface area contributed by atoms with Crippen LogP contribution in [0.1, 0.15) is 24.0 Å². The van der Waals surface area contributed by atoms with Crippen LogP contribution in [0.5, 0.6) is 5.75 Å². The number of hydrogen-bond acceptors (Lipinski definition) is 2. The molecule has 0 unspecified atom stereocenters. The van der Waals surface area contributed by atoms with Gasteiger partial charge >= 0.3 is 0 Å². The summed E-state index contributed by atoms with van der Waals surface area (Å²) in [6, 6.07) is 11.5. The van der Waals surface area contributed by atoms with Crippen molar-refractivity contribution in [3.05, 3.63) is 65.2 Å². The fraction of sp³-hybridized carbons (Fsp3) is 0.294. The Morgan fingerprint density at radius 2 is 1.95 bits per heavy atom. The summed E-state index contributed by atoms with van der Waals surface area (Å²) in [7, 11) is 0. The summed E-state index contributed by atoms with van der Waals surface area (Å²) in [4.78, 5) is 0. The van der Waals surface area contributed by atoms with Gasteiger partial charge in [0.15, 0.2) is 0 Å². The van der Waals surface area contributed by atoms with E-state index in [0.29, 0.717) is 17.4 Å². The van der Waals surface area contributed by atoms with Gasteiger partial charge in [0, 0.05) is 24.2 Å². The highest BCUT2D eigenvalue weighted by Gasteiger charge is 2.20. The van der Waals surface area contributed by atoms with Crippen molar-refractivity contribution in [1.82, 2.24) is 5.32 Å². The Kier molecular flexibility index (Phi) is 4.15. The lowest BCUT2D eigenvalue weighted by Gasteiger charge is -2.10. The normalized spacial score (nSPS) is 14.2. The number of hydrogen-bond donors (Lipinski definition) is 1. The molecule has 21 heavy (non-hydrogen) atoms. The van der Waals surface area contributed by atoms with Gasteiger partial charge in [-0.1, -0.05) is 12.1 Å². The summed E-state index contributed by atoms with van der Waals surface area (Å²) in [6.07, 6.45) is 2.44. The van der Waals surface area contributed by atoms with Crippen LogP contribution >= 0.6 is 0 Å². The molecular formula is C17H17F2NO. The van der Waals surface area contributed by atoms with Gasteiger partial charge in [-0.15, -0.1) is 0 Å². The first-order valence-corrected chi connectivity index (χ1v) is 7.10. The predicted molar refractivity (Wildman–Crippen MR) is 77.0 cm³/mol. The average molecular weight is 289 g/mol. The van der Waals surface area contributed by atoms with E-state index in [1.807, 2.05) is 0 Å². The largest absolute Gasteiger partial charge is 0.489 e. The molecule has 110 valence electrons. The fourth-order valence-corrected chi connectivity index (χ4v) is 2.12. The van der Waals surface area contributed by atoms with Crippen LogP contribution in [-0.4, -0.2) is 6.04 Å². The van der Waals surface area contributed by atoms with Crippen molar-refractivity contribution in [1.29, 1.82) is 0 Å². The van der Waals surface area contributed by atoms with Gasteiger partial charge < -0.3 is 10.1 Å². The molecule has 1 aliphatic carbocycles. The zero-order chi connectivity index (χ0) is 14.7. The van der Waals surface area contributed by atoms with Crippen LogP contribution in [0.2, 0.25) is 0 Å². The topological polar surface area (TPSA) is 21.3 Å². The third-order valence-electron chi connectivity index (χ3n) is 3.47. The van der Waals surface area contributed by atoms with Gasteiger partial charge in [-0.3, -0.25) is 0 Å². The lowest BCUT2D eigenvalue weighted by molar-refractivity contribution is 0.298. The van der Waals surface area contributed by atoms with Gasteiger partial charge in [0.05, 0.1) is 0 Å². The molecule has 0 spiro atoms. The first-order valence-electron chi connectivity index (χ1n) is 7.10. The molecule has 2 aromatic carbocycles. The second kappa shape index (κ2) is 6.22. The molecule has 0 aliphatic heterocycles. The van der Waals surface area contributed by atoms with Crippen molar-refractivity contribution in [2.45, 2.75) is 32.0 Å². The lowest BCUT2D eigenvalue weighted by atomic mass is 10.1. The van der Waals surface area contributed by atoms with Crippen LogP contribution in [0.3, 0.4) is 0 Å². The molecule has 0 aromatic heterocycles. The van der Waals surface area contributed by atoms with E-state index in [-0.39, 0.29) is 18.2 Å². The minimum absolute atomic E-state index is 0.0898. The molecule has 0 heterocycles. The number of nitrogens with one attached hydrogen (secondary N) is 1. The van der Waals surface area contributed by atoms with E-state index in [1.54, 1.807) is 24.3 Å². The van der Waals surface area contributed by atoms with Gasteiger partial charge in [0.25, 0.3) is 0 Å². The Balaban J connectivity index is 1.64. The molecule has 2 aromatic rings. The highest BCUT2D eigenvalue weighted by molar-refractivity contribution is 5.27. The van der Waals surface area contributed by atoms with Crippen LogP contribution in [0.15, 0.2) is 42.5 Å². The Labute approximate surface area is 122 Å². The van der Waals surface area contributed by atoms with Crippen LogP contribution in [0, 0.1) is 11.6 Å². The number of halogens is 2. The molecule has 0 atom stereocenters.